The van der Waals surface area contributed by atoms with Crippen LogP contribution >= 0.6 is 0 Å². The maximum absolute atomic E-state index is 9.65. The number of nitrogen functional groups attached to an aromatic ring is 1. The molecule has 0 aromatic heterocycles. The number of hydrogen-bond acceptors (Lipinski definition) is 4. The molecule has 1 aromatic carbocycles. The Morgan fingerprint density at radius 2 is 2.12 bits per heavy atom. The lowest BCUT2D eigenvalue weighted by atomic mass is 10.1. The van der Waals surface area contributed by atoms with Gasteiger partial charge >= 0.3 is 0 Å². The van der Waals surface area contributed by atoms with Crippen LogP contribution in [0.15, 0.2) is 18.2 Å². The standard InChI is InChI=1S/C12H20N2O2/c1-8(2)12(15)7-14-11-5-4-9(16-3)6-10(11)13/h4-6,8,12,14-15H,7,13H2,1-3H3. The Bertz CT molecular complexity index is 340. The summed E-state index contributed by atoms with van der Waals surface area (Å²) in [6.45, 7) is 4.45. The first-order chi connectivity index (χ1) is 7.54. The Morgan fingerprint density at radius 3 is 2.62 bits per heavy atom. The first-order valence-corrected chi connectivity index (χ1v) is 5.40. The summed E-state index contributed by atoms with van der Waals surface area (Å²) in [5, 5.41) is 12.8. The van der Waals surface area contributed by atoms with Gasteiger partial charge in [0, 0.05) is 12.6 Å². The van der Waals surface area contributed by atoms with Gasteiger partial charge in [0.15, 0.2) is 0 Å². The van der Waals surface area contributed by atoms with Crippen LogP contribution in [0.1, 0.15) is 13.8 Å². The van der Waals surface area contributed by atoms with Gasteiger partial charge in [-0.05, 0) is 18.1 Å². The van der Waals surface area contributed by atoms with E-state index in [1.807, 2.05) is 26.0 Å². The maximum atomic E-state index is 9.65. The zero-order valence-electron chi connectivity index (χ0n) is 10.0. The summed E-state index contributed by atoms with van der Waals surface area (Å²) in [6, 6.07) is 5.44. The molecule has 1 aromatic rings. The molecule has 0 spiro atoms. The molecule has 0 amide bonds. The number of methoxy groups -OCH3 is 1. The Hall–Kier alpha value is -1.42. The molecule has 0 fully saturated rings. The summed E-state index contributed by atoms with van der Waals surface area (Å²) >= 11 is 0. The number of rotatable bonds is 5. The number of nitrogens with one attached hydrogen (secondary N) is 1. The van der Waals surface area contributed by atoms with Crippen molar-refractivity contribution in [2.24, 2.45) is 5.92 Å². The van der Waals surface area contributed by atoms with Crippen LogP contribution in [0.3, 0.4) is 0 Å². The molecule has 4 N–H and O–H groups in total. The van der Waals surface area contributed by atoms with E-state index in [2.05, 4.69) is 5.32 Å². The van der Waals surface area contributed by atoms with Crippen molar-refractivity contribution in [3.05, 3.63) is 18.2 Å². The fourth-order valence-corrected chi connectivity index (χ4v) is 1.28. The van der Waals surface area contributed by atoms with Gasteiger partial charge in [-0.15, -0.1) is 0 Å². The van der Waals surface area contributed by atoms with Gasteiger partial charge in [-0.25, -0.2) is 0 Å². The summed E-state index contributed by atoms with van der Waals surface area (Å²) in [4.78, 5) is 0. The van der Waals surface area contributed by atoms with Gasteiger partial charge in [0.25, 0.3) is 0 Å². The highest BCUT2D eigenvalue weighted by molar-refractivity contribution is 5.68. The van der Waals surface area contributed by atoms with Crippen molar-refractivity contribution in [3.63, 3.8) is 0 Å². The van der Waals surface area contributed by atoms with E-state index in [4.69, 9.17) is 10.5 Å². The predicted molar refractivity (Wildman–Crippen MR) is 66.7 cm³/mol. The summed E-state index contributed by atoms with van der Waals surface area (Å²) in [7, 11) is 1.60. The monoisotopic (exact) mass is 224 g/mol. The molecule has 0 radical (unpaired) electrons. The highest BCUT2D eigenvalue weighted by atomic mass is 16.5. The zero-order chi connectivity index (χ0) is 12.1. The smallest absolute Gasteiger partial charge is 0.121 e. The van der Waals surface area contributed by atoms with Gasteiger partial charge in [-0.2, -0.15) is 0 Å². The zero-order valence-corrected chi connectivity index (χ0v) is 10.0. The van der Waals surface area contributed by atoms with Crippen LogP contribution in [-0.2, 0) is 0 Å². The van der Waals surface area contributed by atoms with Crippen LogP contribution in [0.5, 0.6) is 5.75 Å². The molecule has 16 heavy (non-hydrogen) atoms. The predicted octanol–water partition coefficient (Wildman–Crippen LogP) is 1.71. The van der Waals surface area contributed by atoms with E-state index in [9.17, 15) is 5.11 Å². The van der Waals surface area contributed by atoms with Crippen molar-refractivity contribution < 1.29 is 9.84 Å². The van der Waals surface area contributed by atoms with Crippen LogP contribution in [-0.4, -0.2) is 24.9 Å². The summed E-state index contributed by atoms with van der Waals surface area (Å²) in [5.74, 6) is 0.958. The molecule has 1 atom stereocenters. The Kier molecular flexibility index (Phi) is 4.43. The van der Waals surface area contributed by atoms with Gasteiger partial charge < -0.3 is 20.9 Å². The average Bonchev–Trinajstić information content (AvgIpc) is 2.26. The third-order valence-corrected chi connectivity index (χ3v) is 2.53. The second-order valence-corrected chi connectivity index (χ2v) is 4.15. The SMILES string of the molecule is COc1ccc(NCC(O)C(C)C)c(N)c1. The third-order valence-electron chi connectivity index (χ3n) is 2.53. The second kappa shape index (κ2) is 5.61. The van der Waals surface area contributed by atoms with Gasteiger partial charge in [0.1, 0.15) is 5.75 Å². The minimum atomic E-state index is -0.374. The van der Waals surface area contributed by atoms with Crippen molar-refractivity contribution in [1.29, 1.82) is 0 Å². The minimum Gasteiger partial charge on any atom is -0.497 e. The van der Waals surface area contributed by atoms with Crippen LogP contribution < -0.4 is 15.8 Å². The van der Waals surface area contributed by atoms with E-state index in [1.54, 1.807) is 13.2 Å². The lowest BCUT2D eigenvalue weighted by molar-refractivity contribution is 0.138. The Labute approximate surface area is 96.4 Å². The summed E-state index contributed by atoms with van der Waals surface area (Å²) in [5.41, 5.74) is 7.28. The van der Waals surface area contributed by atoms with Gasteiger partial charge in [0.05, 0.1) is 24.6 Å². The van der Waals surface area contributed by atoms with Gasteiger partial charge in [-0.3, -0.25) is 0 Å². The highest BCUT2D eigenvalue weighted by Gasteiger charge is 2.09. The Morgan fingerprint density at radius 1 is 1.44 bits per heavy atom. The molecule has 1 unspecified atom stereocenters. The van der Waals surface area contributed by atoms with E-state index >= 15 is 0 Å². The number of nitrogens with two attached hydrogens (primary N) is 1. The largest absolute Gasteiger partial charge is 0.497 e. The van der Waals surface area contributed by atoms with E-state index in [-0.39, 0.29) is 12.0 Å². The molecular formula is C12H20N2O2. The minimum absolute atomic E-state index is 0.229. The van der Waals surface area contributed by atoms with E-state index < -0.39 is 0 Å². The number of anilines is 2. The van der Waals surface area contributed by atoms with Crippen molar-refractivity contribution in [3.8, 4) is 5.75 Å². The molecule has 0 saturated carbocycles. The van der Waals surface area contributed by atoms with Crippen molar-refractivity contribution >= 4 is 11.4 Å². The van der Waals surface area contributed by atoms with Crippen LogP contribution in [0, 0.1) is 5.92 Å². The van der Waals surface area contributed by atoms with Crippen molar-refractivity contribution in [1.82, 2.24) is 0 Å². The third kappa shape index (κ3) is 3.31. The number of aliphatic hydroxyl groups excluding tert-OH is 1. The molecule has 0 aliphatic rings. The Balaban J connectivity index is 2.61. The summed E-state index contributed by atoms with van der Waals surface area (Å²) < 4.78 is 5.06. The van der Waals surface area contributed by atoms with Crippen LogP contribution in [0.2, 0.25) is 0 Å². The lowest BCUT2D eigenvalue weighted by Gasteiger charge is -2.17. The van der Waals surface area contributed by atoms with Crippen molar-refractivity contribution in [2.75, 3.05) is 24.7 Å². The van der Waals surface area contributed by atoms with Gasteiger partial charge in [-0.1, -0.05) is 13.8 Å². The molecule has 4 nitrogen and oxygen atoms in total. The van der Waals surface area contributed by atoms with E-state index in [0.717, 1.165) is 11.4 Å². The number of benzene rings is 1. The maximum Gasteiger partial charge on any atom is 0.121 e. The molecule has 0 bridgehead atoms. The molecule has 90 valence electrons. The fraction of sp³-hybridized carbons (Fsp3) is 0.500. The number of hydrogen-bond donors (Lipinski definition) is 3. The van der Waals surface area contributed by atoms with Crippen LogP contribution in [0.4, 0.5) is 11.4 Å². The summed E-state index contributed by atoms with van der Waals surface area (Å²) in [6.07, 6.45) is -0.374. The van der Waals surface area contributed by atoms with E-state index in [1.165, 1.54) is 0 Å². The first kappa shape index (κ1) is 12.6. The van der Waals surface area contributed by atoms with Gasteiger partial charge in [0.2, 0.25) is 0 Å². The highest BCUT2D eigenvalue weighted by Crippen LogP contribution is 2.24. The molecule has 0 aliphatic heterocycles. The molecule has 1 rings (SSSR count). The van der Waals surface area contributed by atoms with Crippen molar-refractivity contribution in [2.45, 2.75) is 20.0 Å². The molecule has 0 saturated heterocycles. The second-order valence-electron chi connectivity index (χ2n) is 4.15. The first-order valence-electron chi connectivity index (χ1n) is 5.40. The lowest BCUT2D eigenvalue weighted by Crippen LogP contribution is -2.25. The number of aliphatic hydroxyl groups is 1. The quantitative estimate of drug-likeness (QED) is 0.666. The average molecular weight is 224 g/mol. The number of ether oxygens (including phenoxy) is 1. The molecule has 0 heterocycles. The normalized spacial score (nSPS) is 12.6. The van der Waals surface area contributed by atoms with Crippen LogP contribution in [0.25, 0.3) is 0 Å². The topological polar surface area (TPSA) is 67.5 Å². The molecule has 4 heteroatoms. The molecule has 0 aliphatic carbocycles. The fourth-order valence-electron chi connectivity index (χ4n) is 1.28. The van der Waals surface area contributed by atoms with E-state index in [0.29, 0.717) is 12.2 Å². The molecular weight excluding hydrogens is 204 g/mol.